The molecule has 0 bridgehead atoms. The Morgan fingerprint density at radius 2 is 2.00 bits per heavy atom. The van der Waals surface area contributed by atoms with Crippen molar-refractivity contribution in [2.24, 2.45) is 11.7 Å². The van der Waals surface area contributed by atoms with E-state index >= 15 is 0 Å². The van der Waals surface area contributed by atoms with E-state index in [1.54, 1.807) is 6.20 Å². The lowest BCUT2D eigenvalue weighted by atomic mass is 9.93. The SMILES string of the molecule is Cc1cc(Nc2nc(N3CCCC(NC(=O)C4CCN(C5CNC5)CC4)C3)cnc2C(N)=O)sn1. The minimum Gasteiger partial charge on any atom is -0.364 e. The number of hydrogen-bond donors (Lipinski definition) is 4. The Morgan fingerprint density at radius 3 is 2.66 bits per heavy atom. The summed E-state index contributed by atoms with van der Waals surface area (Å²) in [6.45, 7) is 7.50. The highest BCUT2D eigenvalue weighted by Crippen LogP contribution is 2.26. The van der Waals surface area contributed by atoms with Crippen LogP contribution in [0, 0.1) is 12.8 Å². The minimum atomic E-state index is -0.642. The highest BCUT2D eigenvalue weighted by Gasteiger charge is 2.32. The summed E-state index contributed by atoms with van der Waals surface area (Å²) in [5, 5.41) is 10.5. The number of amides is 2. The number of rotatable bonds is 7. The zero-order valence-corrected chi connectivity index (χ0v) is 20.8. The topological polar surface area (TPSA) is 141 Å². The molecule has 0 aliphatic carbocycles. The third kappa shape index (κ3) is 5.54. The van der Waals surface area contributed by atoms with Gasteiger partial charge in [-0.25, -0.2) is 9.97 Å². The molecule has 1 atom stereocenters. The van der Waals surface area contributed by atoms with Crippen LogP contribution in [0.1, 0.15) is 41.9 Å². The standard InChI is InChI=1S/C23H33N9O2S/c1-14-9-19(35-30-14)29-22-20(21(24)33)26-12-18(28-22)32-6-2-3-16(13-32)27-23(34)15-4-7-31(8-5-15)17-10-25-11-17/h9,12,15-17,25H,2-8,10-11,13H2,1H3,(H2,24,33)(H,27,34)(H,28,29). The van der Waals surface area contributed by atoms with Gasteiger partial charge in [0.25, 0.3) is 5.91 Å². The van der Waals surface area contributed by atoms with Gasteiger partial charge in [-0.3, -0.25) is 14.5 Å². The monoisotopic (exact) mass is 499 g/mol. The fourth-order valence-electron chi connectivity index (χ4n) is 5.02. The quantitative estimate of drug-likeness (QED) is 0.436. The molecule has 2 aromatic rings. The summed E-state index contributed by atoms with van der Waals surface area (Å²) in [6, 6.07) is 2.58. The predicted molar refractivity (Wildman–Crippen MR) is 135 cm³/mol. The molecule has 188 valence electrons. The molecule has 2 aromatic heterocycles. The van der Waals surface area contributed by atoms with Crippen LogP contribution in [0.15, 0.2) is 12.3 Å². The summed E-state index contributed by atoms with van der Waals surface area (Å²) >= 11 is 1.28. The van der Waals surface area contributed by atoms with E-state index in [2.05, 4.69) is 40.1 Å². The van der Waals surface area contributed by atoms with Crippen molar-refractivity contribution in [3.05, 3.63) is 23.7 Å². The van der Waals surface area contributed by atoms with Crippen LogP contribution in [0.3, 0.4) is 0 Å². The molecule has 3 aliphatic rings. The number of hydrogen-bond acceptors (Lipinski definition) is 10. The molecule has 5 N–H and O–H groups in total. The number of aromatic nitrogens is 3. The maximum atomic E-state index is 13.0. The summed E-state index contributed by atoms with van der Waals surface area (Å²) in [7, 11) is 0. The normalized spacial score (nSPS) is 22.0. The summed E-state index contributed by atoms with van der Waals surface area (Å²) in [5.74, 6) is 0.582. The second kappa shape index (κ2) is 10.4. The van der Waals surface area contributed by atoms with Gasteiger partial charge in [0.05, 0.1) is 11.9 Å². The van der Waals surface area contributed by atoms with Gasteiger partial charge in [-0.1, -0.05) is 0 Å². The van der Waals surface area contributed by atoms with Gasteiger partial charge in [-0.2, -0.15) is 4.37 Å². The molecular formula is C23H33N9O2S. The molecule has 12 heteroatoms. The van der Waals surface area contributed by atoms with Gasteiger partial charge >= 0.3 is 0 Å². The Labute approximate surface area is 209 Å². The number of likely N-dealkylation sites (tertiary alicyclic amines) is 1. The molecule has 5 rings (SSSR count). The van der Waals surface area contributed by atoms with Gasteiger partial charge in [0.1, 0.15) is 10.8 Å². The molecule has 3 aliphatic heterocycles. The first-order valence-electron chi connectivity index (χ1n) is 12.3. The zero-order valence-electron chi connectivity index (χ0n) is 20.0. The van der Waals surface area contributed by atoms with E-state index in [0.29, 0.717) is 24.2 Å². The molecule has 1 unspecified atom stereocenters. The number of nitrogens with zero attached hydrogens (tertiary/aromatic N) is 5. The number of carbonyl (C=O) groups excluding carboxylic acids is 2. The van der Waals surface area contributed by atoms with Crippen LogP contribution in [-0.2, 0) is 4.79 Å². The van der Waals surface area contributed by atoms with Gasteiger partial charge in [-0.15, -0.1) is 0 Å². The van der Waals surface area contributed by atoms with Crippen molar-refractivity contribution in [1.29, 1.82) is 0 Å². The van der Waals surface area contributed by atoms with Crippen molar-refractivity contribution in [2.75, 3.05) is 49.5 Å². The van der Waals surface area contributed by atoms with Gasteiger partial charge in [-0.05, 0) is 63.3 Å². The third-order valence-corrected chi connectivity index (χ3v) is 7.93. The molecule has 0 aromatic carbocycles. The Morgan fingerprint density at radius 1 is 1.20 bits per heavy atom. The number of carbonyl (C=O) groups is 2. The first kappa shape index (κ1) is 23.9. The van der Waals surface area contributed by atoms with Crippen molar-refractivity contribution in [2.45, 2.75) is 44.7 Å². The van der Waals surface area contributed by atoms with E-state index in [4.69, 9.17) is 5.73 Å². The lowest BCUT2D eigenvalue weighted by molar-refractivity contribution is -0.127. The van der Waals surface area contributed by atoms with Crippen LogP contribution in [-0.4, -0.2) is 82.4 Å². The molecule has 11 nitrogen and oxygen atoms in total. The fourth-order valence-corrected chi connectivity index (χ4v) is 5.68. The highest BCUT2D eigenvalue weighted by molar-refractivity contribution is 7.10. The molecule has 5 heterocycles. The first-order chi connectivity index (χ1) is 17.0. The highest BCUT2D eigenvalue weighted by atomic mass is 32.1. The average molecular weight is 500 g/mol. The molecule has 0 radical (unpaired) electrons. The Hall–Kier alpha value is -2.83. The number of piperidine rings is 2. The van der Waals surface area contributed by atoms with Crippen LogP contribution >= 0.6 is 11.5 Å². The molecule has 35 heavy (non-hydrogen) atoms. The minimum absolute atomic E-state index is 0.0586. The van der Waals surface area contributed by atoms with Gasteiger partial charge < -0.3 is 26.6 Å². The van der Waals surface area contributed by atoms with Gasteiger partial charge in [0.15, 0.2) is 11.5 Å². The zero-order chi connectivity index (χ0) is 24.4. The smallest absolute Gasteiger partial charge is 0.271 e. The molecule has 0 saturated carbocycles. The molecule has 3 fully saturated rings. The van der Waals surface area contributed by atoms with E-state index in [-0.39, 0.29) is 23.6 Å². The lowest BCUT2D eigenvalue weighted by Crippen LogP contribution is -2.59. The maximum absolute atomic E-state index is 13.0. The number of nitrogens with two attached hydrogens (primary N) is 1. The second-order valence-corrected chi connectivity index (χ2v) is 10.5. The average Bonchev–Trinajstić information content (AvgIpc) is 3.23. The Balaban J connectivity index is 1.21. The fraction of sp³-hybridized carbons (Fsp3) is 0.609. The molecule has 2 amide bonds. The van der Waals surface area contributed by atoms with Crippen LogP contribution < -0.4 is 26.6 Å². The van der Waals surface area contributed by atoms with Gasteiger partial charge in [0.2, 0.25) is 5.91 Å². The van der Waals surface area contributed by atoms with Crippen molar-refractivity contribution >= 4 is 40.0 Å². The number of primary amides is 1. The van der Waals surface area contributed by atoms with Gasteiger partial charge in [0, 0.05) is 44.2 Å². The number of anilines is 3. The number of nitrogens with one attached hydrogen (secondary N) is 3. The van der Waals surface area contributed by atoms with E-state index in [0.717, 1.165) is 69.1 Å². The molecule has 0 spiro atoms. The van der Waals surface area contributed by atoms with Crippen molar-refractivity contribution in [3.63, 3.8) is 0 Å². The van der Waals surface area contributed by atoms with E-state index < -0.39 is 5.91 Å². The van der Waals surface area contributed by atoms with E-state index in [1.807, 2.05) is 13.0 Å². The van der Waals surface area contributed by atoms with Crippen LogP contribution in [0.25, 0.3) is 0 Å². The summed E-state index contributed by atoms with van der Waals surface area (Å²) < 4.78 is 4.25. The lowest BCUT2D eigenvalue weighted by Gasteiger charge is -2.42. The van der Waals surface area contributed by atoms with E-state index in [9.17, 15) is 9.59 Å². The summed E-state index contributed by atoms with van der Waals surface area (Å²) in [6.07, 6.45) is 5.30. The first-order valence-corrected chi connectivity index (χ1v) is 13.1. The maximum Gasteiger partial charge on any atom is 0.271 e. The summed E-state index contributed by atoms with van der Waals surface area (Å²) in [4.78, 5) is 38.5. The van der Waals surface area contributed by atoms with Crippen LogP contribution in [0.2, 0.25) is 0 Å². The van der Waals surface area contributed by atoms with Crippen molar-refractivity contribution in [3.8, 4) is 0 Å². The Bertz CT molecular complexity index is 1070. The number of aryl methyl sites for hydroxylation is 1. The van der Waals surface area contributed by atoms with Crippen molar-refractivity contribution in [1.82, 2.24) is 29.9 Å². The summed E-state index contributed by atoms with van der Waals surface area (Å²) in [5.41, 5.74) is 6.49. The van der Waals surface area contributed by atoms with E-state index in [1.165, 1.54) is 11.5 Å². The Kier molecular flexibility index (Phi) is 7.12. The molecule has 3 saturated heterocycles. The molecular weight excluding hydrogens is 466 g/mol. The van der Waals surface area contributed by atoms with Crippen LogP contribution in [0.5, 0.6) is 0 Å². The second-order valence-electron chi connectivity index (χ2n) is 9.66. The third-order valence-electron chi connectivity index (χ3n) is 7.13. The van der Waals surface area contributed by atoms with Crippen molar-refractivity contribution < 1.29 is 9.59 Å². The van der Waals surface area contributed by atoms with Crippen LogP contribution in [0.4, 0.5) is 16.6 Å². The predicted octanol–water partition coefficient (Wildman–Crippen LogP) is 0.853. The largest absolute Gasteiger partial charge is 0.364 e.